The van der Waals surface area contributed by atoms with Crippen molar-refractivity contribution in [1.29, 1.82) is 0 Å². The SMILES string of the molecule is CCCCC(CC)CN=C(N)NC(=O)NCCCCCCNC(=O)NC(N)=NCC(CC)CCCC.NC(N)=Nc1ccc(Cl)cc1. The van der Waals surface area contributed by atoms with Crippen molar-refractivity contribution in [3.05, 3.63) is 29.3 Å². The van der Waals surface area contributed by atoms with Crippen molar-refractivity contribution in [3.63, 3.8) is 0 Å². The van der Waals surface area contributed by atoms with Gasteiger partial charge in [-0.3, -0.25) is 20.6 Å². The number of aliphatic imine (C=N–C) groups is 3. The van der Waals surface area contributed by atoms with E-state index in [0.29, 0.717) is 48.7 Å². The lowest BCUT2D eigenvalue weighted by molar-refractivity contribution is 0.243. The third kappa shape index (κ3) is 26.1. The van der Waals surface area contributed by atoms with Crippen molar-refractivity contribution in [2.75, 3.05) is 26.2 Å². The summed E-state index contributed by atoms with van der Waals surface area (Å²) in [5.41, 5.74) is 22.7. The third-order valence-corrected chi connectivity index (χ3v) is 7.62. The molecule has 1 aromatic carbocycles. The summed E-state index contributed by atoms with van der Waals surface area (Å²) in [5, 5.41) is 11.4. The molecule has 0 spiro atoms. The van der Waals surface area contributed by atoms with Gasteiger partial charge in [-0.15, -0.1) is 0 Å². The summed E-state index contributed by atoms with van der Waals surface area (Å²) < 4.78 is 0. The number of rotatable bonds is 20. The molecule has 47 heavy (non-hydrogen) atoms. The maximum Gasteiger partial charge on any atom is 0.321 e. The zero-order chi connectivity index (χ0) is 35.3. The van der Waals surface area contributed by atoms with Gasteiger partial charge in [0, 0.05) is 31.2 Å². The molecule has 13 nitrogen and oxygen atoms in total. The minimum absolute atomic E-state index is 0.0484. The molecule has 4 amide bonds. The summed E-state index contributed by atoms with van der Waals surface area (Å²) >= 11 is 5.64. The minimum Gasteiger partial charge on any atom is -0.370 e. The molecule has 0 bridgehead atoms. The van der Waals surface area contributed by atoms with E-state index >= 15 is 0 Å². The molecule has 0 aliphatic heterocycles. The zero-order valence-electron chi connectivity index (χ0n) is 29.1. The van der Waals surface area contributed by atoms with Crippen LogP contribution in [-0.2, 0) is 0 Å². The van der Waals surface area contributed by atoms with Gasteiger partial charge >= 0.3 is 12.1 Å². The van der Waals surface area contributed by atoms with Crippen LogP contribution in [-0.4, -0.2) is 56.1 Å². The van der Waals surface area contributed by atoms with E-state index in [-0.39, 0.29) is 29.9 Å². The highest BCUT2D eigenvalue weighted by atomic mass is 35.5. The van der Waals surface area contributed by atoms with E-state index in [2.05, 4.69) is 63.9 Å². The highest BCUT2D eigenvalue weighted by Gasteiger charge is 2.08. The van der Waals surface area contributed by atoms with Crippen LogP contribution in [0.1, 0.15) is 105 Å². The van der Waals surface area contributed by atoms with E-state index in [1.165, 1.54) is 25.7 Å². The molecule has 0 aliphatic rings. The van der Waals surface area contributed by atoms with Crippen LogP contribution in [0.3, 0.4) is 0 Å². The Morgan fingerprint density at radius 1 is 0.681 bits per heavy atom. The van der Waals surface area contributed by atoms with E-state index in [1.54, 1.807) is 24.3 Å². The number of carbonyl (C=O) groups is 2. The summed E-state index contributed by atoms with van der Waals surface area (Å²) in [7, 11) is 0. The second-order valence-corrected chi connectivity index (χ2v) is 11.9. The largest absolute Gasteiger partial charge is 0.370 e. The molecule has 2 atom stereocenters. The maximum absolute atomic E-state index is 11.9. The smallest absolute Gasteiger partial charge is 0.321 e. The van der Waals surface area contributed by atoms with Gasteiger partial charge in [0.15, 0.2) is 17.9 Å². The monoisotopic (exact) mass is 679 g/mol. The Bertz CT molecular complexity index is 1010. The number of nitrogens with one attached hydrogen (secondary N) is 4. The number of carbonyl (C=O) groups excluding carboxylic acids is 2. The van der Waals surface area contributed by atoms with Gasteiger partial charge in [-0.2, -0.15) is 0 Å². The van der Waals surface area contributed by atoms with Gasteiger partial charge in [0.2, 0.25) is 0 Å². The van der Waals surface area contributed by atoms with Crippen molar-refractivity contribution in [2.45, 2.75) is 105 Å². The number of guanidine groups is 3. The number of nitrogens with two attached hydrogens (primary N) is 4. The highest BCUT2D eigenvalue weighted by Crippen LogP contribution is 2.16. The van der Waals surface area contributed by atoms with Crippen molar-refractivity contribution in [2.24, 2.45) is 49.7 Å². The molecule has 1 aromatic rings. The van der Waals surface area contributed by atoms with Crippen molar-refractivity contribution < 1.29 is 9.59 Å². The van der Waals surface area contributed by atoms with Crippen LogP contribution in [0.4, 0.5) is 15.3 Å². The molecular formula is C33H62ClN11O2. The number of halogens is 1. The van der Waals surface area contributed by atoms with Gasteiger partial charge in [0.1, 0.15) is 0 Å². The van der Waals surface area contributed by atoms with Gasteiger partial charge in [-0.05, 0) is 61.8 Å². The molecule has 0 radical (unpaired) electrons. The minimum atomic E-state index is -0.328. The lowest BCUT2D eigenvalue weighted by atomic mass is 10.00. The molecular weight excluding hydrogens is 618 g/mol. The predicted molar refractivity (Wildman–Crippen MR) is 198 cm³/mol. The van der Waals surface area contributed by atoms with E-state index in [1.807, 2.05) is 0 Å². The molecule has 0 saturated carbocycles. The van der Waals surface area contributed by atoms with Crippen molar-refractivity contribution in [1.82, 2.24) is 21.3 Å². The fourth-order valence-corrected chi connectivity index (χ4v) is 4.49. The summed E-state index contributed by atoms with van der Waals surface area (Å²) in [5.74, 6) is 1.40. The standard InChI is InChI=1S/C26H54N8O2.C7H8ClN3/c1-5-9-15-21(7-3)19-31-23(27)33-25(35)29-17-13-11-12-14-18-30-26(36)34-24(28)32-20-22(8-4)16-10-6-2;8-5-1-3-6(4-2-5)11-7(9)10/h21-22H,5-20H2,1-4H3,(H4,27,29,31,33,35)(H4,28,30,32,34,36);1-4H,(H4,9,10,11). The lowest BCUT2D eigenvalue weighted by Crippen LogP contribution is -2.44. The first-order valence-electron chi connectivity index (χ1n) is 17.1. The number of urea groups is 2. The number of benzene rings is 1. The van der Waals surface area contributed by atoms with E-state index in [4.69, 9.17) is 34.5 Å². The molecule has 0 fully saturated rings. The molecule has 0 aromatic heterocycles. The fourth-order valence-electron chi connectivity index (χ4n) is 4.36. The van der Waals surface area contributed by atoms with Gasteiger partial charge in [-0.1, -0.05) is 90.7 Å². The Morgan fingerprint density at radius 3 is 1.47 bits per heavy atom. The second-order valence-electron chi connectivity index (χ2n) is 11.5. The predicted octanol–water partition coefficient (Wildman–Crippen LogP) is 5.45. The quantitative estimate of drug-likeness (QED) is 0.0507. The van der Waals surface area contributed by atoms with Crippen LogP contribution in [0.25, 0.3) is 0 Å². The third-order valence-electron chi connectivity index (χ3n) is 7.37. The molecule has 0 saturated heterocycles. The fraction of sp³-hybridized carbons (Fsp3) is 0.667. The Kier molecular flexibility index (Phi) is 26.2. The summed E-state index contributed by atoms with van der Waals surface area (Å²) in [6.45, 7) is 11.1. The number of nitrogens with zero attached hydrogens (tertiary/aromatic N) is 3. The van der Waals surface area contributed by atoms with Gasteiger partial charge in [-0.25, -0.2) is 14.6 Å². The average Bonchev–Trinajstić information content (AvgIpc) is 3.03. The normalized spacial score (nSPS) is 12.6. The summed E-state index contributed by atoms with van der Waals surface area (Å²) in [6.07, 6.45) is 12.7. The molecule has 0 heterocycles. The summed E-state index contributed by atoms with van der Waals surface area (Å²) in [6, 6.07) is 6.27. The van der Waals surface area contributed by atoms with Crippen molar-refractivity contribution >= 4 is 47.2 Å². The average molecular weight is 680 g/mol. The second kappa shape index (κ2) is 28.5. The lowest BCUT2D eigenvalue weighted by Gasteiger charge is -2.12. The number of amides is 4. The zero-order valence-corrected chi connectivity index (χ0v) is 29.9. The molecule has 0 aliphatic carbocycles. The van der Waals surface area contributed by atoms with Crippen LogP contribution in [0.15, 0.2) is 39.2 Å². The Balaban J connectivity index is 0.00000160. The molecule has 1 rings (SSSR count). The molecule has 14 heteroatoms. The first kappa shape index (κ1) is 43.3. The van der Waals surface area contributed by atoms with Crippen LogP contribution < -0.4 is 44.2 Å². The Labute approximate surface area is 287 Å². The molecule has 268 valence electrons. The van der Waals surface area contributed by atoms with E-state index in [0.717, 1.165) is 51.4 Å². The van der Waals surface area contributed by atoms with Crippen LogP contribution >= 0.6 is 11.6 Å². The highest BCUT2D eigenvalue weighted by molar-refractivity contribution is 6.30. The van der Waals surface area contributed by atoms with Gasteiger partial charge in [0.25, 0.3) is 0 Å². The first-order valence-corrected chi connectivity index (χ1v) is 17.5. The number of hydrogen-bond donors (Lipinski definition) is 8. The summed E-state index contributed by atoms with van der Waals surface area (Å²) in [4.78, 5) is 36.3. The first-order chi connectivity index (χ1) is 22.5. The van der Waals surface area contributed by atoms with E-state index < -0.39 is 0 Å². The molecule has 12 N–H and O–H groups in total. The van der Waals surface area contributed by atoms with Crippen LogP contribution in [0, 0.1) is 11.8 Å². The van der Waals surface area contributed by atoms with Crippen molar-refractivity contribution in [3.8, 4) is 0 Å². The maximum atomic E-state index is 11.9. The van der Waals surface area contributed by atoms with Crippen LogP contribution in [0.5, 0.6) is 0 Å². The van der Waals surface area contributed by atoms with Gasteiger partial charge in [0.05, 0.1) is 5.69 Å². The number of unbranched alkanes of at least 4 members (excludes halogenated alkanes) is 5. The Hall–Kier alpha value is -3.74. The van der Waals surface area contributed by atoms with E-state index in [9.17, 15) is 9.59 Å². The van der Waals surface area contributed by atoms with Gasteiger partial charge < -0.3 is 33.6 Å². The Morgan fingerprint density at radius 2 is 1.11 bits per heavy atom. The number of hydrogen-bond acceptors (Lipinski definition) is 5. The molecule has 2 unspecified atom stereocenters. The topological polar surface area (TPSA) is 223 Å². The van der Waals surface area contributed by atoms with Crippen LogP contribution in [0.2, 0.25) is 5.02 Å².